The van der Waals surface area contributed by atoms with Crippen LogP contribution in [0.1, 0.15) is 39.5 Å². The Morgan fingerprint density at radius 3 is 2.09 bits per heavy atom. The Hall–Kier alpha value is -0.530. The first-order valence-electron chi connectivity index (χ1n) is 4.51. The molecule has 0 bridgehead atoms. The van der Waals surface area contributed by atoms with E-state index in [9.17, 15) is 0 Å². The Kier molecular flexibility index (Phi) is 9.01. The van der Waals surface area contributed by atoms with Gasteiger partial charge in [-0.05, 0) is 0 Å². The van der Waals surface area contributed by atoms with Crippen LogP contribution in [0.2, 0.25) is 0 Å². The fourth-order valence-electron chi connectivity index (χ4n) is 0.764. The minimum absolute atomic E-state index is 0.778. The summed E-state index contributed by atoms with van der Waals surface area (Å²) in [6.07, 6.45) is 7.02. The van der Waals surface area contributed by atoms with E-state index in [0.717, 1.165) is 13.2 Å². The summed E-state index contributed by atoms with van der Waals surface area (Å²) in [5, 5.41) is 0. The van der Waals surface area contributed by atoms with Crippen LogP contribution in [0.25, 0.3) is 0 Å². The highest BCUT2D eigenvalue weighted by Crippen LogP contribution is 1.95. The van der Waals surface area contributed by atoms with E-state index >= 15 is 0 Å². The molecule has 2 nitrogen and oxygen atoms in total. The van der Waals surface area contributed by atoms with Crippen LogP contribution in [0.3, 0.4) is 0 Å². The zero-order valence-corrected chi connectivity index (χ0v) is 7.68. The number of aliphatic imine (C=N–C) groups is 1. The first-order chi connectivity index (χ1) is 5.41. The van der Waals surface area contributed by atoms with Gasteiger partial charge >= 0.3 is 0 Å². The normalized spacial score (nSPS) is 13.6. The summed E-state index contributed by atoms with van der Waals surface area (Å²) < 4.78 is 4.65. The molecule has 1 heterocycles. The van der Waals surface area contributed by atoms with Crippen LogP contribution in [0.5, 0.6) is 0 Å². The summed E-state index contributed by atoms with van der Waals surface area (Å²) in [6, 6.07) is 0. The van der Waals surface area contributed by atoms with Crippen molar-refractivity contribution in [2.45, 2.75) is 39.5 Å². The second-order valence-electron chi connectivity index (χ2n) is 2.59. The quantitative estimate of drug-likeness (QED) is 0.577. The molecule has 11 heavy (non-hydrogen) atoms. The lowest BCUT2D eigenvalue weighted by molar-refractivity contribution is 0.361. The molecule has 0 atom stereocenters. The Bertz CT molecular complexity index is 81.6. The predicted octanol–water partition coefficient (Wildman–Crippen LogP) is 2.63. The number of ether oxygens (including phenoxy) is 1. The molecule has 0 aromatic rings. The largest absolute Gasteiger partial charge is 0.482 e. The monoisotopic (exact) mass is 157 g/mol. The lowest BCUT2D eigenvalue weighted by Crippen LogP contribution is -1.80. The van der Waals surface area contributed by atoms with Crippen molar-refractivity contribution in [2.24, 2.45) is 4.99 Å². The molecular weight excluding hydrogens is 138 g/mol. The van der Waals surface area contributed by atoms with Gasteiger partial charge in [-0.25, -0.2) is 0 Å². The minimum atomic E-state index is 0.778. The Balaban J connectivity index is 0.000000183. The Morgan fingerprint density at radius 1 is 1.27 bits per heavy atom. The zero-order chi connectivity index (χ0) is 8.36. The molecule has 0 spiro atoms. The lowest BCUT2D eigenvalue weighted by atomic mass is 10.2. The maximum Gasteiger partial charge on any atom is 0.169 e. The molecule has 1 aliphatic rings. The molecular formula is C9H19NO. The van der Waals surface area contributed by atoms with E-state index in [1.54, 1.807) is 0 Å². The molecule has 1 rings (SSSR count). The van der Waals surface area contributed by atoms with Crippen molar-refractivity contribution < 1.29 is 4.74 Å². The molecule has 0 aromatic carbocycles. The molecule has 0 saturated carbocycles. The molecule has 0 aromatic heterocycles. The third-order valence-corrected chi connectivity index (χ3v) is 1.44. The highest BCUT2D eigenvalue weighted by Gasteiger charge is 1.84. The molecule has 2 heteroatoms. The van der Waals surface area contributed by atoms with E-state index in [4.69, 9.17) is 0 Å². The summed E-state index contributed by atoms with van der Waals surface area (Å²) >= 11 is 0. The van der Waals surface area contributed by atoms with E-state index in [0.29, 0.717) is 0 Å². The predicted molar refractivity (Wildman–Crippen MR) is 49.1 cm³/mol. The third kappa shape index (κ3) is 9.47. The van der Waals surface area contributed by atoms with Crippen molar-refractivity contribution >= 4 is 6.40 Å². The average Bonchev–Trinajstić information content (AvgIpc) is 2.57. The van der Waals surface area contributed by atoms with Crippen molar-refractivity contribution in [2.75, 3.05) is 13.2 Å². The minimum Gasteiger partial charge on any atom is -0.482 e. The summed E-state index contributed by atoms with van der Waals surface area (Å²) in [5.74, 6) is 0. The smallest absolute Gasteiger partial charge is 0.169 e. The van der Waals surface area contributed by atoms with Gasteiger partial charge in [-0.1, -0.05) is 39.5 Å². The average molecular weight is 157 g/mol. The van der Waals surface area contributed by atoms with Crippen LogP contribution < -0.4 is 0 Å². The molecule has 0 unspecified atom stereocenters. The maximum atomic E-state index is 4.65. The number of nitrogens with zero attached hydrogens (tertiary/aromatic N) is 1. The van der Waals surface area contributed by atoms with Crippen molar-refractivity contribution in [3.05, 3.63) is 0 Å². The Labute approximate surface area is 69.7 Å². The highest BCUT2D eigenvalue weighted by atomic mass is 16.5. The molecule has 0 N–H and O–H groups in total. The third-order valence-electron chi connectivity index (χ3n) is 1.44. The molecule has 1 aliphatic heterocycles. The van der Waals surface area contributed by atoms with Crippen LogP contribution in [0.15, 0.2) is 4.99 Å². The maximum absolute atomic E-state index is 4.65. The summed E-state index contributed by atoms with van der Waals surface area (Å²) in [7, 11) is 0. The van der Waals surface area contributed by atoms with Gasteiger partial charge in [0.2, 0.25) is 0 Å². The Morgan fingerprint density at radius 2 is 1.91 bits per heavy atom. The number of hydrogen-bond acceptors (Lipinski definition) is 2. The molecule has 0 fully saturated rings. The number of rotatable bonds is 3. The van der Waals surface area contributed by atoms with Crippen LogP contribution in [-0.2, 0) is 4.74 Å². The zero-order valence-electron chi connectivity index (χ0n) is 7.68. The van der Waals surface area contributed by atoms with Gasteiger partial charge in [-0.2, -0.15) is 0 Å². The molecule has 0 saturated heterocycles. The van der Waals surface area contributed by atoms with Gasteiger partial charge in [0, 0.05) is 0 Å². The van der Waals surface area contributed by atoms with Crippen molar-refractivity contribution in [3.8, 4) is 0 Å². The van der Waals surface area contributed by atoms with E-state index in [1.807, 2.05) is 0 Å². The van der Waals surface area contributed by atoms with E-state index in [1.165, 1.54) is 32.1 Å². The van der Waals surface area contributed by atoms with Gasteiger partial charge in [-0.3, -0.25) is 4.99 Å². The second-order valence-corrected chi connectivity index (χ2v) is 2.59. The van der Waals surface area contributed by atoms with Gasteiger partial charge in [0.15, 0.2) is 6.40 Å². The fraction of sp³-hybridized carbons (Fsp3) is 0.889. The first kappa shape index (κ1) is 10.5. The van der Waals surface area contributed by atoms with E-state index in [2.05, 4.69) is 23.6 Å². The van der Waals surface area contributed by atoms with Crippen molar-refractivity contribution in [1.82, 2.24) is 0 Å². The van der Waals surface area contributed by atoms with Crippen LogP contribution in [0.4, 0.5) is 0 Å². The lowest BCUT2D eigenvalue weighted by Gasteiger charge is -1.86. The number of hydrogen-bond donors (Lipinski definition) is 0. The second kappa shape index (κ2) is 9.47. The summed E-state index contributed by atoms with van der Waals surface area (Å²) in [4.78, 5) is 3.74. The highest BCUT2D eigenvalue weighted by molar-refractivity contribution is 5.47. The van der Waals surface area contributed by atoms with E-state index < -0.39 is 0 Å². The standard InChI is InChI=1S/C6H14.C3H5NO/c1-3-5-6-4-2;1-2-5-3-4-1/h3-6H2,1-2H3;3H,1-2H2. The van der Waals surface area contributed by atoms with Crippen molar-refractivity contribution in [1.29, 1.82) is 0 Å². The SMILES string of the molecule is C1=NCCO1.CCCCCC. The first-order valence-corrected chi connectivity index (χ1v) is 4.51. The molecule has 66 valence electrons. The summed E-state index contributed by atoms with van der Waals surface area (Å²) in [5.41, 5.74) is 0. The number of unbranched alkanes of at least 4 members (excludes halogenated alkanes) is 3. The van der Waals surface area contributed by atoms with Crippen LogP contribution in [-0.4, -0.2) is 19.6 Å². The van der Waals surface area contributed by atoms with E-state index in [-0.39, 0.29) is 0 Å². The van der Waals surface area contributed by atoms with Crippen LogP contribution in [0, 0.1) is 0 Å². The van der Waals surface area contributed by atoms with Gasteiger partial charge in [-0.15, -0.1) is 0 Å². The molecule has 0 radical (unpaired) electrons. The van der Waals surface area contributed by atoms with Gasteiger partial charge < -0.3 is 4.74 Å². The van der Waals surface area contributed by atoms with Gasteiger partial charge in [0.1, 0.15) is 6.61 Å². The summed E-state index contributed by atoms with van der Waals surface area (Å²) in [6.45, 7) is 6.09. The molecule has 0 amide bonds. The topological polar surface area (TPSA) is 21.6 Å². The fourth-order valence-corrected chi connectivity index (χ4v) is 0.764. The van der Waals surface area contributed by atoms with Gasteiger partial charge in [0.25, 0.3) is 0 Å². The van der Waals surface area contributed by atoms with Gasteiger partial charge in [0.05, 0.1) is 6.54 Å². The van der Waals surface area contributed by atoms with Crippen molar-refractivity contribution in [3.63, 3.8) is 0 Å². The molecule has 0 aliphatic carbocycles. The van der Waals surface area contributed by atoms with Crippen LogP contribution >= 0.6 is 0 Å².